The number of para-hydroxylation sites is 2. The first kappa shape index (κ1) is 14.3. The molecule has 0 radical (unpaired) electrons. The van der Waals surface area contributed by atoms with Crippen LogP contribution >= 0.6 is 11.6 Å². The van der Waals surface area contributed by atoms with Gasteiger partial charge in [0, 0.05) is 10.6 Å². The lowest BCUT2D eigenvalue weighted by Gasteiger charge is -2.07. The molecular formula is C20H13ClO. The third kappa shape index (κ3) is 3.69. The highest BCUT2D eigenvalue weighted by Gasteiger charge is 2.01. The van der Waals surface area contributed by atoms with Gasteiger partial charge in [-0.25, -0.2) is 0 Å². The maximum atomic E-state index is 5.89. The maximum Gasteiger partial charge on any atom is 0.143 e. The van der Waals surface area contributed by atoms with Gasteiger partial charge in [0.1, 0.15) is 11.5 Å². The fraction of sp³-hybridized carbons (Fsp3) is 0. The maximum absolute atomic E-state index is 5.89. The van der Waals surface area contributed by atoms with Crippen molar-refractivity contribution < 1.29 is 4.74 Å². The molecule has 0 aliphatic heterocycles. The minimum atomic E-state index is 0.707. The van der Waals surface area contributed by atoms with E-state index in [9.17, 15) is 0 Å². The zero-order valence-corrected chi connectivity index (χ0v) is 12.5. The molecule has 0 atom stereocenters. The zero-order valence-electron chi connectivity index (χ0n) is 11.8. The minimum absolute atomic E-state index is 0.707. The summed E-state index contributed by atoms with van der Waals surface area (Å²) in [7, 11) is 0. The third-order valence-corrected chi connectivity index (χ3v) is 3.30. The number of rotatable bonds is 2. The van der Waals surface area contributed by atoms with Gasteiger partial charge < -0.3 is 4.74 Å². The van der Waals surface area contributed by atoms with Gasteiger partial charge in [0.05, 0.1) is 5.56 Å². The van der Waals surface area contributed by atoms with Gasteiger partial charge in [-0.1, -0.05) is 53.8 Å². The molecule has 3 aromatic carbocycles. The molecule has 0 aliphatic carbocycles. The number of halogens is 1. The van der Waals surface area contributed by atoms with Crippen LogP contribution in [0, 0.1) is 11.8 Å². The van der Waals surface area contributed by atoms with E-state index in [1.54, 1.807) is 0 Å². The standard InChI is InChI=1S/C20H13ClO/c21-18-14-11-16(12-15-18)10-13-17-6-4-5-9-20(17)22-19-7-2-1-3-8-19/h1-9,11-12,14-15H. The van der Waals surface area contributed by atoms with Crippen molar-refractivity contribution in [3.05, 3.63) is 95.0 Å². The Morgan fingerprint density at radius 3 is 2.14 bits per heavy atom. The molecule has 22 heavy (non-hydrogen) atoms. The average Bonchev–Trinajstić information content (AvgIpc) is 2.56. The van der Waals surface area contributed by atoms with Crippen LogP contribution in [0.25, 0.3) is 0 Å². The Morgan fingerprint density at radius 1 is 0.682 bits per heavy atom. The topological polar surface area (TPSA) is 9.23 Å². The highest BCUT2D eigenvalue weighted by atomic mass is 35.5. The van der Waals surface area contributed by atoms with E-state index in [1.165, 1.54) is 0 Å². The molecule has 0 saturated carbocycles. The Morgan fingerprint density at radius 2 is 1.36 bits per heavy atom. The first-order valence-corrected chi connectivity index (χ1v) is 7.28. The summed E-state index contributed by atoms with van der Waals surface area (Å²) in [6.07, 6.45) is 0. The second kappa shape index (κ2) is 6.85. The number of hydrogen-bond donors (Lipinski definition) is 0. The van der Waals surface area contributed by atoms with Crippen molar-refractivity contribution in [3.8, 4) is 23.3 Å². The summed E-state index contributed by atoms with van der Waals surface area (Å²) < 4.78 is 5.89. The van der Waals surface area contributed by atoms with E-state index in [2.05, 4.69) is 11.8 Å². The van der Waals surface area contributed by atoms with E-state index in [-0.39, 0.29) is 0 Å². The van der Waals surface area contributed by atoms with Gasteiger partial charge >= 0.3 is 0 Å². The SMILES string of the molecule is Clc1ccc(C#Cc2ccccc2Oc2ccccc2)cc1. The normalized spacial score (nSPS) is 9.68. The van der Waals surface area contributed by atoms with Gasteiger partial charge in [0.2, 0.25) is 0 Å². The molecule has 106 valence electrons. The summed E-state index contributed by atoms with van der Waals surface area (Å²) >= 11 is 5.88. The zero-order chi connectivity index (χ0) is 15.2. The van der Waals surface area contributed by atoms with E-state index in [0.717, 1.165) is 22.6 Å². The number of hydrogen-bond acceptors (Lipinski definition) is 1. The Kier molecular flexibility index (Phi) is 4.44. The second-order valence-electron chi connectivity index (χ2n) is 4.67. The molecule has 0 spiro atoms. The van der Waals surface area contributed by atoms with Gasteiger partial charge in [-0.05, 0) is 48.5 Å². The number of benzene rings is 3. The molecule has 3 rings (SSSR count). The van der Waals surface area contributed by atoms with Crippen LogP contribution < -0.4 is 4.74 Å². The largest absolute Gasteiger partial charge is 0.456 e. The van der Waals surface area contributed by atoms with E-state index < -0.39 is 0 Å². The molecule has 0 aromatic heterocycles. The van der Waals surface area contributed by atoms with Gasteiger partial charge in [0.25, 0.3) is 0 Å². The molecule has 2 heteroatoms. The molecule has 0 N–H and O–H groups in total. The van der Waals surface area contributed by atoms with Gasteiger partial charge in [0.15, 0.2) is 0 Å². The van der Waals surface area contributed by atoms with Crippen molar-refractivity contribution >= 4 is 11.6 Å². The molecule has 0 saturated heterocycles. The highest BCUT2D eigenvalue weighted by molar-refractivity contribution is 6.30. The average molecular weight is 305 g/mol. The first-order valence-electron chi connectivity index (χ1n) is 6.91. The Hall–Kier alpha value is -2.69. The molecule has 0 heterocycles. The lowest BCUT2D eigenvalue weighted by Crippen LogP contribution is -1.87. The second-order valence-corrected chi connectivity index (χ2v) is 5.10. The summed E-state index contributed by atoms with van der Waals surface area (Å²) in [5.41, 5.74) is 1.76. The van der Waals surface area contributed by atoms with E-state index in [1.807, 2.05) is 78.9 Å². The molecular weight excluding hydrogens is 292 g/mol. The van der Waals surface area contributed by atoms with Crippen LogP contribution in [-0.4, -0.2) is 0 Å². The lowest BCUT2D eigenvalue weighted by molar-refractivity contribution is 0.481. The molecule has 0 fully saturated rings. The van der Waals surface area contributed by atoms with Crippen molar-refractivity contribution in [1.29, 1.82) is 0 Å². The Balaban J connectivity index is 1.87. The van der Waals surface area contributed by atoms with Crippen LogP contribution in [0.15, 0.2) is 78.9 Å². The number of ether oxygens (including phenoxy) is 1. The molecule has 0 amide bonds. The van der Waals surface area contributed by atoms with Crippen LogP contribution in [0.2, 0.25) is 5.02 Å². The Labute approximate surface area is 135 Å². The molecule has 0 aliphatic rings. The van der Waals surface area contributed by atoms with Crippen LogP contribution in [0.5, 0.6) is 11.5 Å². The van der Waals surface area contributed by atoms with Crippen molar-refractivity contribution in [1.82, 2.24) is 0 Å². The summed E-state index contributed by atoms with van der Waals surface area (Å²) in [5.74, 6) is 7.82. The quantitative estimate of drug-likeness (QED) is 0.565. The Bertz CT molecular complexity index is 812. The third-order valence-electron chi connectivity index (χ3n) is 3.04. The van der Waals surface area contributed by atoms with Crippen molar-refractivity contribution in [2.45, 2.75) is 0 Å². The summed E-state index contributed by atoms with van der Waals surface area (Å²) in [6, 6.07) is 24.9. The van der Waals surface area contributed by atoms with Gasteiger partial charge in [-0.15, -0.1) is 0 Å². The van der Waals surface area contributed by atoms with Crippen LogP contribution in [-0.2, 0) is 0 Å². The summed E-state index contributed by atoms with van der Waals surface area (Å²) in [4.78, 5) is 0. The smallest absolute Gasteiger partial charge is 0.143 e. The van der Waals surface area contributed by atoms with E-state index in [0.29, 0.717) is 5.02 Å². The van der Waals surface area contributed by atoms with Crippen LogP contribution in [0.1, 0.15) is 11.1 Å². The van der Waals surface area contributed by atoms with Crippen LogP contribution in [0.4, 0.5) is 0 Å². The summed E-state index contributed by atoms with van der Waals surface area (Å²) in [6.45, 7) is 0. The highest BCUT2D eigenvalue weighted by Crippen LogP contribution is 2.24. The fourth-order valence-electron chi connectivity index (χ4n) is 1.95. The minimum Gasteiger partial charge on any atom is -0.456 e. The predicted octanol–water partition coefficient (Wildman–Crippen LogP) is 5.53. The van der Waals surface area contributed by atoms with Gasteiger partial charge in [-0.2, -0.15) is 0 Å². The summed E-state index contributed by atoms with van der Waals surface area (Å²) in [5, 5.41) is 0.707. The fourth-order valence-corrected chi connectivity index (χ4v) is 2.07. The van der Waals surface area contributed by atoms with Crippen molar-refractivity contribution in [2.75, 3.05) is 0 Å². The van der Waals surface area contributed by atoms with Gasteiger partial charge in [-0.3, -0.25) is 0 Å². The van der Waals surface area contributed by atoms with E-state index in [4.69, 9.17) is 16.3 Å². The molecule has 1 nitrogen and oxygen atoms in total. The van der Waals surface area contributed by atoms with Crippen molar-refractivity contribution in [3.63, 3.8) is 0 Å². The molecule has 0 bridgehead atoms. The monoisotopic (exact) mass is 304 g/mol. The predicted molar refractivity (Wildman–Crippen MR) is 90.4 cm³/mol. The van der Waals surface area contributed by atoms with Crippen LogP contribution in [0.3, 0.4) is 0 Å². The molecule has 0 unspecified atom stereocenters. The van der Waals surface area contributed by atoms with Crippen molar-refractivity contribution in [2.24, 2.45) is 0 Å². The van der Waals surface area contributed by atoms with E-state index >= 15 is 0 Å². The molecule has 3 aromatic rings. The first-order chi connectivity index (χ1) is 10.8. The lowest BCUT2D eigenvalue weighted by atomic mass is 10.1.